The highest BCUT2D eigenvalue weighted by molar-refractivity contribution is 7.90. The minimum Gasteiger partial charge on any atom is -0.338 e. The number of sulfonamides is 1. The van der Waals surface area contributed by atoms with E-state index in [2.05, 4.69) is 0 Å². The highest BCUT2D eigenvalue weighted by Crippen LogP contribution is 2.42. The first-order chi connectivity index (χ1) is 12.0. The first-order valence-electron chi connectivity index (χ1n) is 9.29. The van der Waals surface area contributed by atoms with Crippen molar-refractivity contribution in [3.05, 3.63) is 35.9 Å². The summed E-state index contributed by atoms with van der Waals surface area (Å²) >= 11 is 0. The van der Waals surface area contributed by atoms with E-state index >= 15 is 0 Å². The summed E-state index contributed by atoms with van der Waals surface area (Å²) in [5.74, 6) is 0.191. The maximum absolute atomic E-state index is 12.7. The Morgan fingerprint density at radius 3 is 2.56 bits per heavy atom. The van der Waals surface area contributed by atoms with Crippen LogP contribution in [0.4, 0.5) is 0 Å². The minimum absolute atomic E-state index is 0.0666. The Morgan fingerprint density at radius 1 is 1.08 bits per heavy atom. The van der Waals surface area contributed by atoms with E-state index in [-0.39, 0.29) is 16.6 Å². The first-order valence-corrected chi connectivity index (χ1v) is 10.8. The lowest BCUT2D eigenvalue weighted by Gasteiger charge is -2.47. The molecule has 0 unspecified atom stereocenters. The summed E-state index contributed by atoms with van der Waals surface area (Å²) in [6.45, 7) is 2.53. The summed E-state index contributed by atoms with van der Waals surface area (Å²) in [5, 5.41) is -0.145. The quantitative estimate of drug-likeness (QED) is 0.826. The number of amides is 1. The second kappa shape index (κ2) is 6.40. The average molecular weight is 362 g/mol. The number of carbonyl (C=O) groups excluding carboxylic acids is 1. The number of piperidine rings is 2. The summed E-state index contributed by atoms with van der Waals surface area (Å²) in [7, 11) is -3.12. The van der Waals surface area contributed by atoms with E-state index in [4.69, 9.17) is 0 Å². The third-order valence-corrected chi connectivity index (χ3v) is 8.24. The molecule has 0 bridgehead atoms. The second-order valence-electron chi connectivity index (χ2n) is 7.92. The van der Waals surface area contributed by atoms with E-state index in [1.165, 1.54) is 0 Å². The van der Waals surface area contributed by atoms with Gasteiger partial charge in [-0.25, -0.2) is 12.7 Å². The number of carbonyl (C=O) groups is 1. The van der Waals surface area contributed by atoms with Crippen LogP contribution in [0.2, 0.25) is 0 Å². The van der Waals surface area contributed by atoms with Crippen LogP contribution in [0.15, 0.2) is 30.3 Å². The highest BCUT2D eigenvalue weighted by atomic mass is 32.2. The Labute approximate surface area is 150 Å². The fraction of sp³-hybridized carbons (Fsp3) is 0.632. The van der Waals surface area contributed by atoms with Crippen molar-refractivity contribution in [2.24, 2.45) is 5.41 Å². The SMILES string of the molecule is O=C1CC[C@]2(CCCN(S(=O)(=O)C3CC3)C2)CN1Cc1ccccc1. The third kappa shape index (κ3) is 3.47. The zero-order chi connectivity index (χ0) is 17.5. The highest BCUT2D eigenvalue weighted by Gasteiger charge is 2.47. The maximum atomic E-state index is 12.7. The van der Waals surface area contributed by atoms with Gasteiger partial charge in [0, 0.05) is 38.0 Å². The molecule has 1 aromatic rings. The first kappa shape index (κ1) is 17.0. The van der Waals surface area contributed by atoms with Crippen molar-refractivity contribution in [3.8, 4) is 0 Å². The molecule has 6 heteroatoms. The number of hydrogen-bond acceptors (Lipinski definition) is 3. The number of hydrogen-bond donors (Lipinski definition) is 0. The topological polar surface area (TPSA) is 57.7 Å². The molecule has 1 aromatic carbocycles. The largest absolute Gasteiger partial charge is 0.338 e. The molecule has 25 heavy (non-hydrogen) atoms. The normalized spacial score (nSPS) is 28.5. The van der Waals surface area contributed by atoms with Gasteiger partial charge in [-0.05, 0) is 37.7 Å². The van der Waals surface area contributed by atoms with Crippen LogP contribution in [0.25, 0.3) is 0 Å². The van der Waals surface area contributed by atoms with Crippen molar-refractivity contribution in [2.75, 3.05) is 19.6 Å². The predicted octanol–water partition coefficient (Wildman–Crippen LogP) is 2.38. The van der Waals surface area contributed by atoms with Gasteiger partial charge in [-0.1, -0.05) is 30.3 Å². The van der Waals surface area contributed by atoms with Crippen LogP contribution in [0.3, 0.4) is 0 Å². The summed E-state index contributed by atoms with van der Waals surface area (Å²) in [6, 6.07) is 10.0. The van der Waals surface area contributed by atoms with E-state index < -0.39 is 10.0 Å². The zero-order valence-corrected chi connectivity index (χ0v) is 15.4. The Balaban J connectivity index is 1.50. The van der Waals surface area contributed by atoms with Gasteiger partial charge in [0.25, 0.3) is 0 Å². The van der Waals surface area contributed by atoms with Crippen LogP contribution >= 0.6 is 0 Å². The number of rotatable bonds is 4. The van der Waals surface area contributed by atoms with Crippen molar-refractivity contribution in [1.82, 2.24) is 9.21 Å². The smallest absolute Gasteiger partial charge is 0.222 e. The Kier molecular flexibility index (Phi) is 4.36. The van der Waals surface area contributed by atoms with E-state index in [0.717, 1.165) is 37.7 Å². The number of nitrogens with zero attached hydrogens (tertiary/aromatic N) is 2. The van der Waals surface area contributed by atoms with Crippen molar-refractivity contribution in [1.29, 1.82) is 0 Å². The molecule has 136 valence electrons. The molecule has 3 fully saturated rings. The van der Waals surface area contributed by atoms with Crippen molar-refractivity contribution in [3.63, 3.8) is 0 Å². The Hall–Kier alpha value is -1.40. The van der Waals surface area contributed by atoms with Gasteiger partial charge in [-0.15, -0.1) is 0 Å². The van der Waals surface area contributed by atoms with Crippen LogP contribution in [-0.4, -0.2) is 48.4 Å². The minimum atomic E-state index is -3.12. The number of likely N-dealkylation sites (tertiary alicyclic amines) is 1. The van der Waals surface area contributed by atoms with Gasteiger partial charge in [-0.3, -0.25) is 4.79 Å². The van der Waals surface area contributed by atoms with Crippen LogP contribution < -0.4 is 0 Å². The molecule has 0 radical (unpaired) electrons. The van der Waals surface area contributed by atoms with Crippen LogP contribution in [-0.2, 0) is 21.4 Å². The molecule has 1 saturated carbocycles. The number of benzene rings is 1. The molecule has 4 rings (SSSR count). The summed E-state index contributed by atoms with van der Waals surface area (Å²) < 4.78 is 27.0. The molecule has 0 N–H and O–H groups in total. The van der Waals surface area contributed by atoms with Gasteiger partial charge in [0.15, 0.2) is 0 Å². The molecule has 2 saturated heterocycles. The second-order valence-corrected chi connectivity index (χ2v) is 10.1. The van der Waals surface area contributed by atoms with Crippen molar-refractivity contribution < 1.29 is 13.2 Å². The molecule has 1 aliphatic carbocycles. The fourth-order valence-electron chi connectivity index (χ4n) is 4.34. The molecule has 3 aliphatic rings. The Bertz CT molecular complexity index is 745. The maximum Gasteiger partial charge on any atom is 0.222 e. The van der Waals surface area contributed by atoms with E-state index in [1.54, 1.807) is 4.31 Å². The summed E-state index contributed by atoms with van der Waals surface area (Å²) in [5.41, 5.74) is 1.06. The molecule has 0 aromatic heterocycles. The summed E-state index contributed by atoms with van der Waals surface area (Å²) in [6.07, 6.45) is 4.88. The molecular weight excluding hydrogens is 336 g/mol. The lowest BCUT2D eigenvalue weighted by molar-refractivity contribution is -0.139. The molecule has 1 amide bonds. The molecular formula is C19H26N2O3S. The van der Waals surface area contributed by atoms with Gasteiger partial charge in [0.05, 0.1) is 5.25 Å². The van der Waals surface area contributed by atoms with Crippen LogP contribution in [0.1, 0.15) is 44.1 Å². The van der Waals surface area contributed by atoms with E-state index in [0.29, 0.717) is 32.6 Å². The van der Waals surface area contributed by atoms with Crippen molar-refractivity contribution in [2.45, 2.75) is 50.3 Å². The molecule has 1 spiro atoms. The monoisotopic (exact) mass is 362 g/mol. The van der Waals surface area contributed by atoms with Gasteiger partial charge in [0.2, 0.25) is 15.9 Å². The predicted molar refractivity (Wildman–Crippen MR) is 96.3 cm³/mol. The van der Waals surface area contributed by atoms with E-state index in [9.17, 15) is 13.2 Å². The molecule has 2 aliphatic heterocycles. The standard InChI is InChI=1S/C19H26N2O3S/c22-18-9-11-19(14-20(18)13-16-5-2-1-3-6-16)10-4-12-21(15-19)25(23,24)17-7-8-17/h1-3,5-6,17H,4,7-15H2/t19-/m1/s1. The van der Waals surface area contributed by atoms with Crippen LogP contribution in [0, 0.1) is 5.41 Å². The van der Waals surface area contributed by atoms with E-state index in [1.807, 2.05) is 35.2 Å². The van der Waals surface area contributed by atoms with Gasteiger partial charge in [-0.2, -0.15) is 0 Å². The van der Waals surface area contributed by atoms with Gasteiger partial charge in [0.1, 0.15) is 0 Å². The van der Waals surface area contributed by atoms with Gasteiger partial charge < -0.3 is 4.90 Å². The fourth-order valence-corrected chi connectivity index (χ4v) is 6.33. The molecule has 2 heterocycles. The lowest BCUT2D eigenvalue weighted by Crippen LogP contribution is -2.55. The summed E-state index contributed by atoms with van der Waals surface area (Å²) in [4.78, 5) is 14.4. The Morgan fingerprint density at radius 2 is 1.84 bits per heavy atom. The molecule has 5 nitrogen and oxygen atoms in total. The van der Waals surface area contributed by atoms with Crippen LogP contribution in [0.5, 0.6) is 0 Å². The van der Waals surface area contributed by atoms with Crippen molar-refractivity contribution >= 4 is 15.9 Å². The average Bonchev–Trinajstić information content (AvgIpc) is 3.45. The lowest BCUT2D eigenvalue weighted by atomic mass is 9.74. The third-order valence-electron chi connectivity index (χ3n) is 5.90. The molecule has 1 atom stereocenters. The van der Waals surface area contributed by atoms with Gasteiger partial charge >= 0.3 is 0 Å². The zero-order valence-electron chi connectivity index (χ0n) is 14.6.